The van der Waals surface area contributed by atoms with Gasteiger partial charge in [-0.05, 0) is 17.2 Å². The van der Waals surface area contributed by atoms with Crippen LogP contribution in [0.2, 0.25) is 0 Å². The molecule has 68 valence electrons. The minimum absolute atomic E-state index is 0.286. The van der Waals surface area contributed by atoms with Crippen LogP contribution in [0.3, 0.4) is 0 Å². The molecule has 0 bridgehead atoms. The van der Waals surface area contributed by atoms with Gasteiger partial charge in [-0.3, -0.25) is 0 Å². The summed E-state index contributed by atoms with van der Waals surface area (Å²) < 4.78 is 26.2. The van der Waals surface area contributed by atoms with Crippen molar-refractivity contribution in [2.45, 2.75) is 12.3 Å². The van der Waals surface area contributed by atoms with Gasteiger partial charge in [0.05, 0.1) is 5.70 Å². The number of alkyl halides is 2. The first-order valence-electron chi connectivity index (χ1n) is 4.03. The molecule has 13 heavy (non-hydrogen) atoms. The lowest BCUT2D eigenvalue weighted by Gasteiger charge is -2.22. The standard InChI is InChI=1S/C10H9F2N/c11-10(12)6-8-4-2-1-3-7(8)5-9(10)13/h1-5H,6,13H2. The fourth-order valence-electron chi connectivity index (χ4n) is 1.45. The fraction of sp³-hybridized carbons (Fsp3) is 0.200. The average Bonchev–Trinajstić information content (AvgIpc) is 2.06. The number of hydrogen-bond donors (Lipinski definition) is 1. The van der Waals surface area contributed by atoms with Gasteiger partial charge in [0.15, 0.2) is 0 Å². The highest BCUT2D eigenvalue weighted by molar-refractivity contribution is 5.60. The molecule has 0 unspecified atom stereocenters. The largest absolute Gasteiger partial charge is 0.397 e. The van der Waals surface area contributed by atoms with Crippen molar-refractivity contribution < 1.29 is 8.78 Å². The summed E-state index contributed by atoms with van der Waals surface area (Å²) in [6, 6.07) is 7.06. The van der Waals surface area contributed by atoms with Crippen LogP contribution in [0.5, 0.6) is 0 Å². The highest BCUT2D eigenvalue weighted by Gasteiger charge is 2.36. The maximum Gasteiger partial charge on any atom is 0.291 e. The zero-order valence-corrected chi connectivity index (χ0v) is 6.93. The van der Waals surface area contributed by atoms with Crippen LogP contribution < -0.4 is 5.73 Å². The zero-order chi connectivity index (χ0) is 9.47. The molecule has 0 amide bonds. The Morgan fingerprint density at radius 1 is 1.23 bits per heavy atom. The first-order chi connectivity index (χ1) is 6.09. The Bertz CT molecular complexity index is 369. The van der Waals surface area contributed by atoms with Crippen molar-refractivity contribution in [2.24, 2.45) is 5.73 Å². The SMILES string of the molecule is NC1=Cc2ccccc2CC1(F)F. The summed E-state index contributed by atoms with van der Waals surface area (Å²) in [5.74, 6) is -2.88. The Balaban J connectivity index is 2.53. The van der Waals surface area contributed by atoms with E-state index in [9.17, 15) is 8.78 Å². The highest BCUT2D eigenvalue weighted by atomic mass is 19.3. The number of rotatable bonds is 0. The predicted octanol–water partition coefficient (Wildman–Crippen LogP) is 2.18. The number of hydrogen-bond acceptors (Lipinski definition) is 1. The number of fused-ring (bicyclic) bond motifs is 1. The quantitative estimate of drug-likeness (QED) is 0.652. The first kappa shape index (κ1) is 8.23. The molecule has 0 saturated carbocycles. The van der Waals surface area contributed by atoms with Crippen LogP contribution in [0.15, 0.2) is 30.0 Å². The van der Waals surface area contributed by atoms with Gasteiger partial charge in [-0.1, -0.05) is 24.3 Å². The lowest BCUT2D eigenvalue weighted by atomic mass is 9.93. The summed E-state index contributed by atoms with van der Waals surface area (Å²) in [6.07, 6.45) is 1.06. The van der Waals surface area contributed by atoms with Crippen molar-refractivity contribution >= 4 is 6.08 Å². The Labute approximate surface area is 74.9 Å². The lowest BCUT2D eigenvalue weighted by molar-refractivity contribution is 0.0402. The monoisotopic (exact) mass is 181 g/mol. The van der Waals surface area contributed by atoms with E-state index in [-0.39, 0.29) is 12.1 Å². The van der Waals surface area contributed by atoms with Gasteiger partial charge < -0.3 is 5.73 Å². The Morgan fingerprint density at radius 2 is 1.92 bits per heavy atom. The maximum absolute atomic E-state index is 13.1. The van der Waals surface area contributed by atoms with Crippen LogP contribution in [0, 0.1) is 0 Å². The molecule has 2 rings (SSSR count). The molecule has 0 saturated heterocycles. The van der Waals surface area contributed by atoms with E-state index in [1.807, 2.05) is 6.07 Å². The molecule has 0 spiro atoms. The molecule has 1 aliphatic rings. The minimum Gasteiger partial charge on any atom is -0.397 e. The molecule has 1 aromatic rings. The van der Waals surface area contributed by atoms with Crippen molar-refractivity contribution in [3.63, 3.8) is 0 Å². The summed E-state index contributed by atoms with van der Waals surface area (Å²) in [5.41, 5.74) is 6.35. The summed E-state index contributed by atoms with van der Waals surface area (Å²) in [5, 5.41) is 0. The second kappa shape index (κ2) is 2.55. The van der Waals surface area contributed by atoms with Gasteiger partial charge in [-0.15, -0.1) is 0 Å². The second-order valence-electron chi connectivity index (χ2n) is 3.18. The molecule has 3 heteroatoms. The van der Waals surface area contributed by atoms with Crippen LogP contribution in [0.25, 0.3) is 6.08 Å². The number of benzene rings is 1. The first-order valence-corrected chi connectivity index (χ1v) is 4.03. The molecule has 1 nitrogen and oxygen atoms in total. The second-order valence-corrected chi connectivity index (χ2v) is 3.18. The van der Waals surface area contributed by atoms with E-state index in [1.54, 1.807) is 18.2 Å². The molecule has 0 heterocycles. The van der Waals surface area contributed by atoms with Gasteiger partial charge in [0.2, 0.25) is 0 Å². The van der Waals surface area contributed by atoms with E-state index in [0.717, 1.165) is 5.56 Å². The zero-order valence-electron chi connectivity index (χ0n) is 6.93. The van der Waals surface area contributed by atoms with E-state index in [2.05, 4.69) is 0 Å². The van der Waals surface area contributed by atoms with E-state index < -0.39 is 5.92 Å². The number of halogens is 2. The van der Waals surface area contributed by atoms with Crippen molar-refractivity contribution in [3.8, 4) is 0 Å². The molecule has 1 aromatic carbocycles. The molecule has 0 radical (unpaired) electrons. The van der Waals surface area contributed by atoms with Crippen molar-refractivity contribution in [1.82, 2.24) is 0 Å². The highest BCUT2D eigenvalue weighted by Crippen LogP contribution is 2.32. The predicted molar refractivity (Wildman–Crippen MR) is 47.3 cm³/mol. The molecule has 2 N–H and O–H groups in total. The molecular formula is C10H9F2N. The van der Waals surface area contributed by atoms with Gasteiger partial charge in [0.1, 0.15) is 0 Å². The van der Waals surface area contributed by atoms with Crippen molar-refractivity contribution in [3.05, 3.63) is 41.1 Å². The molecule has 0 fully saturated rings. The third-order valence-corrected chi connectivity index (χ3v) is 2.20. The van der Waals surface area contributed by atoms with Gasteiger partial charge >= 0.3 is 0 Å². The van der Waals surface area contributed by atoms with Gasteiger partial charge in [0, 0.05) is 6.42 Å². The number of nitrogens with two attached hydrogens (primary N) is 1. The average molecular weight is 181 g/mol. The normalized spacial score (nSPS) is 19.1. The van der Waals surface area contributed by atoms with Gasteiger partial charge in [-0.2, -0.15) is 8.78 Å². The van der Waals surface area contributed by atoms with Crippen molar-refractivity contribution in [1.29, 1.82) is 0 Å². The third kappa shape index (κ3) is 1.30. The van der Waals surface area contributed by atoms with Crippen LogP contribution in [0.4, 0.5) is 8.78 Å². The van der Waals surface area contributed by atoms with Crippen LogP contribution >= 0.6 is 0 Å². The van der Waals surface area contributed by atoms with E-state index in [4.69, 9.17) is 5.73 Å². The van der Waals surface area contributed by atoms with Crippen molar-refractivity contribution in [2.75, 3.05) is 0 Å². The fourth-order valence-corrected chi connectivity index (χ4v) is 1.45. The molecule has 0 aliphatic heterocycles. The summed E-state index contributed by atoms with van der Waals surface area (Å²) >= 11 is 0. The molecular weight excluding hydrogens is 172 g/mol. The summed E-state index contributed by atoms with van der Waals surface area (Å²) in [4.78, 5) is 0. The van der Waals surface area contributed by atoms with Gasteiger partial charge in [0.25, 0.3) is 5.92 Å². The van der Waals surface area contributed by atoms with Crippen LogP contribution in [-0.2, 0) is 6.42 Å². The number of allylic oxidation sites excluding steroid dienone is 1. The Hall–Kier alpha value is -1.38. The van der Waals surface area contributed by atoms with Crippen LogP contribution in [-0.4, -0.2) is 5.92 Å². The van der Waals surface area contributed by atoms with Crippen LogP contribution in [0.1, 0.15) is 11.1 Å². The van der Waals surface area contributed by atoms with E-state index in [1.165, 1.54) is 6.08 Å². The minimum atomic E-state index is -2.88. The molecule has 0 aromatic heterocycles. The van der Waals surface area contributed by atoms with E-state index in [0.29, 0.717) is 5.56 Å². The maximum atomic E-state index is 13.1. The van der Waals surface area contributed by atoms with E-state index >= 15 is 0 Å². The smallest absolute Gasteiger partial charge is 0.291 e. The third-order valence-electron chi connectivity index (χ3n) is 2.20. The lowest BCUT2D eigenvalue weighted by Crippen LogP contribution is -2.30. The summed E-state index contributed by atoms with van der Waals surface area (Å²) in [7, 11) is 0. The molecule has 0 atom stereocenters. The van der Waals surface area contributed by atoms with Gasteiger partial charge in [-0.25, -0.2) is 0 Å². The molecule has 1 aliphatic carbocycles. The Morgan fingerprint density at radius 3 is 2.69 bits per heavy atom. The summed E-state index contributed by atoms with van der Waals surface area (Å²) in [6.45, 7) is 0. The topological polar surface area (TPSA) is 26.0 Å². The Kier molecular flexibility index (Phi) is 1.62.